The van der Waals surface area contributed by atoms with Gasteiger partial charge in [0.2, 0.25) is 5.88 Å². The smallest absolute Gasteiger partial charge is 0.417 e. The van der Waals surface area contributed by atoms with Gasteiger partial charge < -0.3 is 15.2 Å². The molecular weight excluding hydrogens is 579 g/mol. The summed E-state index contributed by atoms with van der Waals surface area (Å²) in [6.07, 6.45) is -2.02. The number of hydrogen-bond acceptors (Lipinski definition) is 9. The first-order valence-electron chi connectivity index (χ1n) is 13.1. The third kappa shape index (κ3) is 6.65. The average Bonchev–Trinajstić information content (AvgIpc) is 2.99. The van der Waals surface area contributed by atoms with E-state index < -0.39 is 29.2 Å². The first-order valence-corrected chi connectivity index (χ1v) is 14.1. The monoisotopic (exact) mass is 605 g/mol. The third-order valence-corrected chi connectivity index (χ3v) is 7.62. The molecular formula is C31H26F3N5O3S. The number of carbonyl (C=O) groups excluding carboxylic acids is 1. The highest BCUT2D eigenvalue weighted by molar-refractivity contribution is 7.99. The Morgan fingerprint density at radius 3 is 2.37 bits per heavy atom. The highest BCUT2D eigenvalue weighted by Crippen LogP contribution is 2.43. The Hall–Kier alpha value is -4.81. The van der Waals surface area contributed by atoms with Crippen molar-refractivity contribution in [3.05, 3.63) is 99.9 Å². The number of halogens is 3. The number of hydrogen-bond donors (Lipinski definition) is 1. The van der Waals surface area contributed by atoms with Gasteiger partial charge in [-0.1, -0.05) is 49.9 Å². The van der Waals surface area contributed by atoms with E-state index in [4.69, 9.17) is 15.2 Å². The van der Waals surface area contributed by atoms with E-state index in [0.717, 1.165) is 23.4 Å². The van der Waals surface area contributed by atoms with E-state index in [9.17, 15) is 28.5 Å². The Kier molecular flexibility index (Phi) is 9.42. The summed E-state index contributed by atoms with van der Waals surface area (Å²) in [7, 11) is 0. The molecule has 0 saturated carbocycles. The van der Waals surface area contributed by atoms with Gasteiger partial charge in [-0.3, -0.25) is 4.98 Å². The predicted molar refractivity (Wildman–Crippen MR) is 153 cm³/mol. The Morgan fingerprint density at radius 1 is 1.14 bits per heavy atom. The van der Waals surface area contributed by atoms with E-state index in [-0.39, 0.29) is 51.8 Å². The number of thioether (sulfide) groups is 1. The molecule has 4 rings (SSSR count). The molecule has 3 aromatic rings. The topological polar surface area (TPSA) is 135 Å². The molecule has 2 N–H and O–H groups in total. The van der Waals surface area contributed by atoms with Crippen LogP contribution in [0.25, 0.3) is 11.3 Å². The summed E-state index contributed by atoms with van der Waals surface area (Å²) in [5.41, 5.74) is 6.25. The van der Waals surface area contributed by atoms with Gasteiger partial charge >= 0.3 is 12.1 Å². The molecule has 0 saturated heterocycles. The third-order valence-electron chi connectivity index (χ3n) is 6.65. The average molecular weight is 606 g/mol. The zero-order valence-electron chi connectivity index (χ0n) is 23.4. The van der Waals surface area contributed by atoms with Gasteiger partial charge in [0.25, 0.3) is 0 Å². The van der Waals surface area contributed by atoms with Gasteiger partial charge in [-0.25, -0.2) is 9.78 Å². The summed E-state index contributed by atoms with van der Waals surface area (Å²) in [6, 6.07) is 14.8. The molecule has 0 fully saturated rings. The number of nitrogens with zero attached hydrogens (tertiary/aromatic N) is 4. The lowest BCUT2D eigenvalue weighted by Gasteiger charge is -2.28. The van der Waals surface area contributed by atoms with E-state index in [2.05, 4.69) is 9.97 Å². The molecule has 12 heteroatoms. The van der Waals surface area contributed by atoms with Crippen LogP contribution in [0.5, 0.6) is 0 Å². The van der Waals surface area contributed by atoms with Crippen molar-refractivity contribution >= 4 is 17.7 Å². The molecule has 1 atom stereocenters. The first kappa shape index (κ1) is 31.1. The van der Waals surface area contributed by atoms with Crippen molar-refractivity contribution in [3.63, 3.8) is 0 Å². The zero-order valence-corrected chi connectivity index (χ0v) is 24.2. The maximum absolute atomic E-state index is 14.1. The molecule has 1 aromatic carbocycles. The maximum Gasteiger partial charge on any atom is 0.417 e. The van der Waals surface area contributed by atoms with E-state index in [1.165, 1.54) is 24.5 Å². The van der Waals surface area contributed by atoms with Gasteiger partial charge in [-0.15, -0.1) is 0 Å². The van der Waals surface area contributed by atoms with E-state index in [1.807, 2.05) is 32.0 Å². The van der Waals surface area contributed by atoms with Gasteiger partial charge in [0.15, 0.2) is 0 Å². The second-order valence-electron chi connectivity index (χ2n) is 9.67. The number of alkyl halides is 3. The zero-order chi connectivity index (χ0) is 31.3. The number of ether oxygens (including phenoxy) is 2. The fourth-order valence-corrected chi connectivity index (χ4v) is 5.47. The molecule has 0 bridgehead atoms. The first-order chi connectivity index (χ1) is 20.5. The van der Waals surface area contributed by atoms with Crippen molar-refractivity contribution < 1.29 is 27.4 Å². The van der Waals surface area contributed by atoms with Crippen molar-refractivity contribution in [1.29, 1.82) is 10.5 Å². The van der Waals surface area contributed by atoms with Gasteiger partial charge in [0, 0.05) is 18.0 Å². The largest absolute Gasteiger partial charge is 0.463 e. The quantitative estimate of drug-likeness (QED) is 0.223. The molecule has 1 aliphatic rings. The van der Waals surface area contributed by atoms with Gasteiger partial charge in [-0.2, -0.15) is 23.7 Å². The van der Waals surface area contributed by atoms with Crippen LogP contribution >= 0.6 is 11.8 Å². The summed E-state index contributed by atoms with van der Waals surface area (Å²) in [5.74, 6) is -2.01. The summed E-state index contributed by atoms with van der Waals surface area (Å²) in [4.78, 5) is 21.6. The standard InChI is InChI=1S/C31H26F3N5O3S/c1-4-41-30(40)27-25(42-28(37)22(15-36)26(27)20-7-5-18(6-8-20)17(2)3)16-43-29-21(14-35)23(31(32,33)34)13-24(39-29)19-9-11-38-12-10-19/h5-13,17,26H,4,16,37H2,1-3H3. The number of benzene rings is 1. The maximum atomic E-state index is 14.1. The minimum absolute atomic E-state index is 0.0102. The second-order valence-corrected chi connectivity index (χ2v) is 10.6. The molecule has 220 valence electrons. The molecule has 1 unspecified atom stereocenters. The van der Waals surface area contributed by atoms with E-state index in [1.54, 1.807) is 25.1 Å². The number of pyridine rings is 2. The van der Waals surface area contributed by atoms with E-state index in [0.29, 0.717) is 11.1 Å². The van der Waals surface area contributed by atoms with Crippen LogP contribution in [0.1, 0.15) is 54.9 Å². The highest BCUT2D eigenvalue weighted by atomic mass is 32.2. The molecule has 0 amide bonds. The lowest BCUT2D eigenvalue weighted by molar-refractivity contribution is -0.139. The number of aromatic nitrogens is 2. The van der Waals surface area contributed by atoms with Crippen LogP contribution in [0.4, 0.5) is 13.2 Å². The lowest BCUT2D eigenvalue weighted by Crippen LogP contribution is -2.27. The Bertz CT molecular complexity index is 1670. The summed E-state index contributed by atoms with van der Waals surface area (Å²) >= 11 is 0.770. The van der Waals surface area contributed by atoms with E-state index >= 15 is 0 Å². The SMILES string of the molecule is CCOC(=O)C1=C(CSc2nc(-c3ccncc3)cc(C(F)(F)F)c2C#N)OC(N)=C(C#N)C1c1ccc(C(C)C)cc1. The lowest BCUT2D eigenvalue weighted by atomic mass is 9.82. The molecule has 0 aliphatic carbocycles. The van der Waals surface area contributed by atoms with Crippen LogP contribution in [0.2, 0.25) is 0 Å². The number of rotatable bonds is 8. The minimum Gasteiger partial charge on any atom is -0.463 e. The Morgan fingerprint density at radius 2 is 1.81 bits per heavy atom. The molecule has 8 nitrogen and oxygen atoms in total. The molecule has 3 heterocycles. The molecule has 2 aromatic heterocycles. The molecule has 0 spiro atoms. The number of allylic oxidation sites excluding steroid dienone is 1. The molecule has 1 aliphatic heterocycles. The number of esters is 1. The predicted octanol–water partition coefficient (Wildman–Crippen LogP) is 6.57. The Labute approximate surface area is 250 Å². The van der Waals surface area contributed by atoms with Gasteiger partial charge in [0.1, 0.15) is 28.5 Å². The normalized spacial score (nSPS) is 15.1. The number of nitriles is 2. The van der Waals surface area contributed by atoms with Crippen LogP contribution in [-0.4, -0.2) is 28.3 Å². The van der Waals surface area contributed by atoms with Gasteiger partial charge in [0.05, 0.1) is 40.7 Å². The van der Waals surface area contributed by atoms with Crippen LogP contribution in [0.3, 0.4) is 0 Å². The van der Waals surface area contributed by atoms with Crippen LogP contribution in [0.15, 0.2) is 82.7 Å². The van der Waals surface area contributed by atoms with Crippen LogP contribution in [0, 0.1) is 22.7 Å². The summed E-state index contributed by atoms with van der Waals surface area (Å²) in [5, 5.41) is 19.5. The minimum atomic E-state index is -4.84. The fraction of sp³-hybridized carbons (Fsp3) is 0.258. The number of carbonyl (C=O) groups is 1. The van der Waals surface area contributed by atoms with Crippen LogP contribution < -0.4 is 5.73 Å². The van der Waals surface area contributed by atoms with Crippen molar-refractivity contribution in [2.24, 2.45) is 5.73 Å². The summed E-state index contributed by atoms with van der Waals surface area (Å²) in [6.45, 7) is 5.69. The van der Waals surface area contributed by atoms with Crippen molar-refractivity contribution in [2.75, 3.05) is 12.4 Å². The highest BCUT2D eigenvalue weighted by Gasteiger charge is 2.39. The van der Waals surface area contributed by atoms with Crippen LogP contribution in [-0.2, 0) is 20.4 Å². The van der Waals surface area contributed by atoms with Crippen molar-refractivity contribution in [2.45, 2.75) is 43.8 Å². The van der Waals surface area contributed by atoms with Gasteiger partial charge in [-0.05, 0) is 42.2 Å². The Balaban J connectivity index is 1.85. The second kappa shape index (κ2) is 13.0. The van der Waals surface area contributed by atoms with Crippen molar-refractivity contribution in [1.82, 2.24) is 9.97 Å². The fourth-order valence-electron chi connectivity index (χ4n) is 4.53. The number of nitrogens with two attached hydrogens (primary N) is 1. The molecule has 0 radical (unpaired) electrons. The van der Waals surface area contributed by atoms with Crippen molar-refractivity contribution in [3.8, 4) is 23.4 Å². The molecule has 43 heavy (non-hydrogen) atoms. The summed E-state index contributed by atoms with van der Waals surface area (Å²) < 4.78 is 53.2.